The maximum Gasteiger partial charge on any atom is 0.238 e. The number of sulfonamides is 2. The Labute approximate surface area is 162 Å². The van der Waals surface area contributed by atoms with Crippen molar-refractivity contribution in [2.24, 2.45) is 0 Å². The van der Waals surface area contributed by atoms with Crippen molar-refractivity contribution in [3.05, 3.63) is 0 Å². The van der Waals surface area contributed by atoms with E-state index in [0.717, 1.165) is 0 Å². The fourth-order valence-electron chi connectivity index (χ4n) is 3.62. The highest BCUT2D eigenvalue weighted by atomic mass is 32.2. The largest absolute Gasteiger partial charge is 0.373 e. The second-order valence-electron chi connectivity index (χ2n) is 7.27. The third-order valence-corrected chi connectivity index (χ3v) is 8.65. The summed E-state index contributed by atoms with van der Waals surface area (Å²) >= 11 is 0. The Morgan fingerprint density at radius 1 is 1.07 bits per heavy atom. The molecule has 1 N–H and O–H groups in total. The quantitative estimate of drug-likeness (QED) is 0.574. The molecule has 27 heavy (non-hydrogen) atoms. The highest BCUT2D eigenvalue weighted by Gasteiger charge is 2.38. The zero-order chi connectivity index (χ0) is 20.2. The summed E-state index contributed by atoms with van der Waals surface area (Å²) in [6.45, 7) is 6.32. The second-order valence-corrected chi connectivity index (χ2v) is 11.4. The molecule has 9 nitrogen and oxygen atoms in total. The van der Waals surface area contributed by atoms with Crippen molar-refractivity contribution in [1.29, 1.82) is 0 Å². The number of nitrogens with zero attached hydrogens (tertiary/aromatic N) is 2. The van der Waals surface area contributed by atoms with E-state index in [0.29, 0.717) is 38.9 Å². The number of hydrogen-bond acceptors (Lipinski definition) is 6. The summed E-state index contributed by atoms with van der Waals surface area (Å²) < 4.78 is 57.8. The molecule has 2 fully saturated rings. The molecule has 2 saturated heterocycles. The Bertz CT molecular complexity index is 714. The Kier molecular flexibility index (Phi) is 7.65. The van der Waals surface area contributed by atoms with Crippen LogP contribution in [0.15, 0.2) is 0 Å². The summed E-state index contributed by atoms with van der Waals surface area (Å²) in [5.74, 6) is -0.628. The number of carbonyl (C=O) groups is 1. The van der Waals surface area contributed by atoms with Gasteiger partial charge in [-0.1, -0.05) is 6.92 Å². The second kappa shape index (κ2) is 9.17. The zero-order valence-corrected chi connectivity index (χ0v) is 17.9. The van der Waals surface area contributed by atoms with Gasteiger partial charge in [-0.05, 0) is 33.1 Å². The average molecular weight is 426 g/mol. The third-order valence-electron chi connectivity index (χ3n) is 4.76. The molecule has 0 aliphatic carbocycles. The molecule has 2 aliphatic rings. The van der Waals surface area contributed by atoms with Gasteiger partial charge >= 0.3 is 0 Å². The fourth-order valence-corrected chi connectivity index (χ4v) is 6.86. The van der Waals surface area contributed by atoms with Crippen molar-refractivity contribution >= 4 is 26.0 Å². The molecule has 0 bridgehead atoms. The fraction of sp³-hybridized carbons (Fsp3) is 0.938. The Balaban J connectivity index is 1.89. The van der Waals surface area contributed by atoms with Gasteiger partial charge in [0.15, 0.2) is 0 Å². The molecule has 158 valence electrons. The van der Waals surface area contributed by atoms with Crippen molar-refractivity contribution in [1.82, 2.24) is 13.9 Å². The average Bonchev–Trinajstić information content (AvgIpc) is 3.04. The highest BCUT2D eigenvalue weighted by Crippen LogP contribution is 2.22. The Morgan fingerprint density at radius 2 is 1.70 bits per heavy atom. The molecule has 0 aromatic rings. The van der Waals surface area contributed by atoms with Crippen LogP contribution in [0.2, 0.25) is 0 Å². The summed E-state index contributed by atoms with van der Waals surface area (Å²) in [4.78, 5) is 12.4. The van der Waals surface area contributed by atoms with Crippen LogP contribution in [0.5, 0.6) is 0 Å². The molecular weight excluding hydrogens is 394 g/mol. The number of rotatable bonds is 8. The predicted octanol–water partition coefficient (Wildman–Crippen LogP) is -0.254. The number of nitrogens with one attached hydrogen (secondary N) is 1. The van der Waals surface area contributed by atoms with Crippen LogP contribution in [0.25, 0.3) is 0 Å². The number of ether oxygens (including phenoxy) is 1. The van der Waals surface area contributed by atoms with Crippen LogP contribution in [0.1, 0.15) is 40.0 Å². The molecule has 0 aromatic heterocycles. The maximum atomic E-state index is 12.5. The molecule has 3 unspecified atom stereocenters. The standard InChI is InChI=1S/C16H31N3O6S2/c1-4-9-27(23,24)19-8-5-6-15(19)16(20)17-7-10-26(21,22)18-11-13(2)25-14(3)12-18/h13-15H,4-12H2,1-3H3,(H,17,20). The van der Waals surface area contributed by atoms with Gasteiger partial charge in [0, 0.05) is 26.2 Å². The van der Waals surface area contributed by atoms with Crippen LogP contribution >= 0.6 is 0 Å². The minimum atomic E-state index is -3.51. The van der Waals surface area contributed by atoms with Gasteiger partial charge in [0.2, 0.25) is 26.0 Å². The molecule has 0 saturated carbocycles. The minimum Gasteiger partial charge on any atom is -0.373 e. The van der Waals surface area contributed by atoms with Gasteiger partial charge in [0.1, 0.15) is 6.04 Å². The first-order chi connectivity index (χ1) is 12.6. The first-order valence-corrected chi connectivity index (χ1v) is 12.7. The van der Waals surface area contributed by atoms with Crippen molar-refractivity contribution in [3.8, 4) is 0 Å². The predicted molar refractivity (Wildman–Crippen MR) is 102 cm³/mol. The lowest BCUT2D eigenvalue weighted by Crippen LogP contribution is -2.51. The van der Waals surface area contributed by atoms with Crippen LogP contribution in [0, 0.1) is 0 Å². The van der Waals surface area contributed by atoms with Gasteiger partial charge < -0.3 is 10.1 Å². The summed E-state index contributed by atoms with van der Waals surface area (Å²) in [5, 5.41) is 2.60. The number of carbonyl (C=O) groups excluding carboxylic acids is 1. The van der Waals surface area contributed by atoms with Crippen molar-refractivity contribution < 1.29 is 26.4 Å². The van der Waals surface area contributed by atoms with Gasteiger partial charge in [0.05, 0.1) is 23.7 Å². The first-order valence-electron chi connectivity index (χ1n) is 9.47. The topological polar surface area (TPSA) is 113 Å². The Hall–Kier alpha value is -0.750. The maximum absolute atomic E-state index is 12.5. The monoisotopic (exact) mass is 425 g/mol. The van der Waals surface area contributed by atoms with Crippen LogP contribution < -0.4 is 5.32 Å². The molecule has 11 heteroatoms. The summed E-state index contributed by atoms with van der Waals surface area (Å²) in [6.07, 6.45) is 1.23. The molecule has 2 aliphatic heterocycles. The van der Waals surface area contributed by atoms with Crippen molar-refractivity contribution in [3.63, 3.8) is 0 Å². The van der Waals surface area contributed by atoms with Crippen LogP contribution in [-0.2, 0) is 29.6 Å². The highest BCUT2D eigenvalue weighted by molar-refractivity contribution is 7.89. The van der Waals surface area contributed by atoms with E-state index in [2.05, 4.69) is 5.32 Å². The molecule has 1 amide bonds. The smallest absolute Gasteiger partial charge is 0.238 e. The third kappa shape index (κ3) is 5.86. The van der Waals surface area contributed by atoms with Crippen molar-refractivity contribution in [2.45, 2.75) is 58.3 Å². The molecule has 3 atom stereocenters. The molecule has 0 aromatic carbocycles. The molecular formula is C16H31N3O6S2. The van der Waals surface area contributed by atoms with E-state index in [4.69, 9.17) is 4.74 Å². The number of hydrogen-bond donors (Lipinski definition) is 1. The lowest BCUT2D eigenvalue weighted by atomic mass is 10.2. The van der Waals surface area contributed by atoms with E-state index in [1.54, 1.807) is 6.92 Å². The summed E-state index contributed by atoms with van der Waals surface area (Å²) in [5.41, 5.74) is 0. The van der Waals surface area contributed by atoms with Gasteiger partial charge in [-0.2, -0.15) is 8.61 Å². The van der Waals surface area contributed by atoms with Gasteiger partial charge in [-0.15, -0.1) is 0 Å². The minimum absolute atomic E-state index is 0.0125. The van der Waals surface area contributed by atoms with Crippen molar-refractivity contribution in [2.75, 3.05) is 37.7 Å². The van der Waals surface area contributed by atoms with E-state index in [-0.39, 0.29) is 30.3 Å². The van der Waals surface area contributed by atoms with Crippen LogP contribution in [0.3, 0.4) is 0 Å². The van der Waals surface area contributed by atoms with E-state index < -0.39 is 32.0 Å². The molecule has 0 spiro atoms. The summed E-state index contributed by atoms with van der Waals surface area (Å²) in [6, 6.07) is -0.743. The van der Waals surface area contributed by atoms with Gasteiger partial charge in [0.25, 0.3) is 0 Å². The SMILES string of the molecule is CCCS(=O)(=O)N1CCCC1C(=O)NCCS(=O)(=O)N1CC(C)OC(C)C1. The normalized spacial score (nSPS) is 28.3. The van der Waals surface area contributed by atoms with Crippen LogP contribution in [-0.4, -0.2) is 87.3 Å². The van der Waals surface area contributed by atoms with Crippen LogP contribution in [0.4, 0.5) is 0 Å². The molecule has 2 heterocycles. The summed E-state index contributed by atoms with van der Waals surface area (Å²) in [7, 11) is -6.97. The van der Waals surface area contributed by atoms with Gasteiger partial charge in [-0.25, -0.2) is 16.8 Å². The van der Waals surface area contributed by atoms with E-state index >= 15 is 0 Å². The van der Waals surface area contributed by atoms with E-state index in [1.165, 1.54) is 8.61 Å². The molecule has 2 rings (SSSR count). The van der Waals surface area contributed by atoms with E-state index in [1.807, 2.05) is 13.8 Å². The van der Waals surface area contributed by atoms with E-state index in [9.17, 15) is 21.6 Å². The Morgan fingerprint density at radius 3 is 2.30 bits per heavy atom. The zero-order valence-electron chi connectivity index (χ0n) is 16.3. The number of amides is 1. The molecule has 0 radical (unpaired) electrons. The lowest BCUT2D eigenvalue weighted by molar-refractivity contribution is -0.124. The lowest BCUT2D eigenvalue weighted by Gasteiger charge is -2.34. The number of morpholine rings is 1. The van der Waals surface area contributed by atoms with Gasteiger partial charge in [-0.3, -0.25) is 4.79 Å². The first kappa shape index (κ1) is 22.5.